The summed E-state index contributed by atoms with van der Waals surface area (Å²) in [5.41, 5.74) is 2.44. The second-order valence-corrected chi connectivity index (χ2v) is 5.76. The molecule has 0 amide bonds. The standard InChI is InChI=1S/C16H20Cl2O/c1-19-16-8-7-12(10-15(16)18)9-14(11-17)13-5-3-2-4-6-13/h7-10,13H,2-6,11H2,1H3. The minimum Gasteiger partial charge on any atom is -0.495 e. The van der Waals surface area contributed by atoms with Crippen LogP contribution in [0.25, 0.3) is 6.08 Å². The Morgan fingerprint density at radius 1 is 1.32 bits per heavy atom. The molecular weight excluding hydrogens is 279 g/mol. The van der Waals surface area contributed by atoms with Crippen LogP contribution in [0.15, 0.2) is 23.8 Å². The molecule has 19 heavy (non-hydrogen) atoms. The first-order chi connectivity index (χ1) is 9.24. The van der Waals surface area contributed by atoms with Gasteiger partial charge in [0.2, 0.25) is 0 Å². The van der Waals surface area contributed by atoms with E-state index in [1.54, 1.807) is 7.11 Å². The Morgan fingerprint density at radius 2 is 2.05 bits per heavy atom. The lowest BCUT2D eigenvalue weighted by atomic mass is 9.84. The molecule has 1 aromatic carbocycles. The molecule has 1 aliphatic rings. The van der Waals surface area contributed by atoms with Crippen LogP contribution in [-0.4, -0.2) is 13.0 Å². The maximum absolute atomic E-state index is 6.15. The number of benzene rings is 1. The summed E-state index contributed by atoms with van der Waals surface area (Å²) in [6, 6.07) is 5.87. The number of halogens is 2. The fourth-order valence-electron chi connectivity index (χ4n) is 2.73. The molecule has 1 saturated carbocycles. The van der Waals surface area contributed by atoms with Gasteiger partial charge >= 0.3 is 0 Å². The molecule has 0 aromatic heterocycles. The van der Waals surface area contributed by atoms with Crippen molar-refractivity contribution in [2.75, 3.05) is 13.0 Å². The minimum atomic E-state index is 0.605. The van der Waals surface area contributed by atoms with Crippen molar-refractivity contribution in [3.63, 3.8) is 0 Å². The van der Waals surface area contributed by atoms with Crippen LogP contribution in [0.2, 0.25) is 5.02 Å². The highest BCUT2D eigenvalue weighted by Crippen LogP contribution is 2.32. The summed E-state index contributed by atoms with van der Waals surface area (Å²) in [6.45, 7) is 0. The van der Waals surface area contributed by atoms with Gasteiger partial charge in [0.15, 0.2) is 0 Å². The fraction of sp³-hybridized carbons (Fsp3) is 0.500. The number of hydrogen-bond acceptors (Lipinski definition) is 1. The van der Waals surface area contributed by atoms with E-state index in [0.29, 0.717) is 22.6 Å². The van der Waals surface area contributed by atoms with Gasteiger partial charge in [-0.1, -0.05) is 48.6 Å². The fourth-order valence-corrected chi connectivity index (χ4v) is 3.29. The van der Waals surface area contributed by atoms with Crippen molar-refractivity contribution in [3.05, 3.63) is 34.4 Å². The molecule has 0 radical (unpaired) electrons. The molecule has 1 aliphatic carbocycles. The van der Waals surface area contributed by atoms with Gasteiger partial charge < -0.3 is 4.74 Å². The number of rotatable bonds is 4. The van der Waals surface area contributed by atoms with Gasteiger partial charge in [-0.15, -0.1) is 11.6 Å². The predicted octanol–water partition coefficient (Wildman–Crippen LogP) is 5.55. The molecule has 3 heteroatoms. The van der Waals surface area contributed by atoms with E-state index < -0.39 is 0 Å². The molecule has 0 bridgehead atoms. The third-order valence-corrected chi connectivity index (χ3v) is 4.42. The van der Waals surface area contributed by atoms with Gasteiger partial charge in [0.25, 0.3) is 0 Å². The van der Waals surface area contributed by atoms with Crippen LogP contribution in [-0.2, 0) is 0 Å². The zero-order valence-electron chi connectivity index (χ0n) is 11.3. The maximum atomic E-state index is 6.15. The molecule has 1 fully saturated rings. The summed E-state index contributed by atoms with van der Waals surface area (Å²) in [6.07, 6.45) is 8.73. The number of methoxy groups -OCH3 is 1. The molecule has 0 atom stereocenters. The lowest BCUT2D eigenvalue weighted by Gasteiger charge is -2.23. The van der Waals surface area contributed by atoms with Gasteiger partial charge in [-0.05, 0) is 36.5 Å². The zero-order valence-corrected chi connectivity index (χ0v) is 12.8. The normalized spacial score (nSPS) is 17.5. The van der Waals surface area contributed by atoms with Gasteiger partial charge in [0.05, 0.1) is 12.1 Å². The molecule has 0 heterocycles. The SMILES string of the molecule is COc1ccc(C=C(CCl)C2CCCCC2)cc1Cl. The highest BCUT2D eigenvalue weighted by atomic mass is 35.5. The Morgan fingerprint density at radius 3 is 2.63 bits per heavy atom. The summed E-state index contributed by atoms with van der Waals surface area (Å²) in [5, 5.41) is 0.647. The van der Waals surface area contributed by atoms with Crippen LogP contribution in [0.4, 0.5) is 0 Å². The Kier molecular flexibility index (Phi) is 5.59. The number of allylic oxidation sites excluding steroid dienone is 1. The highest BCUT2D eigenvalue weighted by Gasteiger charge is 2.17. The first-order valence-electron chi connectivity index (χ1n) is 6.84. The first kappa shape index (κ1) is 14.7. The topological polar surface area (TPSA) is 9.23 Å². The number of alkyl halides is 1. The molecule has 0 aliphatic heterocycles. The van der Waals surface area contributed by atoms with E-state index in [2.05, 4.69) is 6.08 Å². The molecule has 2 rings (SSSR count). The summed E-state index contributed by atoms with van der Waals surface area (Å²) in [7, 11) is 1.63. The van der Waals surface area contributed by atoms with Crippen molar-refractivity contribution in [2.24, 2.45) is 5.92 Å². The third kappa shape index (κ3) is 3.90. The van der Waals surface area contributed by atoms with Crippen molar-refractivity contribution < 1.29 is 4.74 Å². The van der Waals surface area contributed by atoms with E-state index in [-0.39, 0.29) is 0 Å². The second-order valence-electron chi connectivity index (χ2n) is 5.08. The lowest BCUT2D eigenvalue weighted by Crippen LogP contribution is -2.10. The van der Waals surface area contributed by atoms with E-state index in [1.807, 2.05) is 18.2 Å². The van der Waals surface area contributed by atoms with Gasteiger partial charge in [0, 0.05) is 5.88 Å². The minimum absolute atomic E-state index is 0.605. The monoisotopic (exact) mass is 298 g/mol. The van der Waals surface area contributed by atoms with Crippen LogP contribution in [0.1, 0.15) is 37.7 Å². The Bertz CT molecular complexity index is 448. The van der Waals surface area contributed by atoms with Crippen molar-refractivity contribution in [2.45, 2.75) is 32.1 Å². The van der Waals surface area contributed by atoms with E-state index in [0.717, 1.165) is 5.56 Å². The summed E-state index contributed by atoms with van der Waals surface area (Å²) in [4.78, 5) is 0. The van der Waals surface area contributed by atoms with E-state index >= 15 is 0 Å². The Hall–Kier alpha value is -0.660. The molecular formula is C16H20Cl2O. The molecule has 0 spiro atoms. The molecule has 0 unspecified atom stereocenters. The smallest absolute Gasteiger partial charge is 0.137 e. The zero-order chi connectivity index (χ0) is 13.7. The van der Waals surface area contributed by atoms with Crippen LogP contribution in [0.5, 0.6) is 5.75 Å². The number of hydrogen-bond donors (Lipinski definition) is 0. The average Bonchev–Trinajstić information content (AvgIpc) is 2.46. The van der Waals surface area contributed by atoms with Crippen molar-refractivity contribution in [3.8, 4) is 5.75 Å². The molecule has 104 valence electrons. The summed E-state index contributed by atoms with van der Waals surface area (Å²) < 4.78 is 5.17. The van der Waals surface area contributed by atoms with Crippen LogP contribution >= 0.6 is 23.2 Å². The molecule has 1 nitrogen and oxygen atoms in total. The van der Waals surface area contributed by atoms with Crippen molar-refractivity contribution in [1.82, 2.24) is 0 Å². The maximum Gasteiger partial charge on any atom is 0.137 e. The lowest BCUT2D eigenvalue weighted by molar-refractivity contribution is 0.405. The Labute approximate surface area is 125 Å². The number of ether oxygens (including phenoxy) is 1. The highest BCUT2D eigenvalue weighted by molar-refractivity contribution is 6.32. The quantitative estimate of drug-likeness (QED) is 0.662. The van der Waals surface area contributed by atoms with Crippen molar-refractivity contribution in [1.29, 1.82) is 0 Å². The van der Waals surface area contributed by atoms with Gasteiger partial charge in [-0.2, -0.15) is 0 Å². The van der Waals surface area contributed by atoms with Crippen LogP contribution < -0.4 is 4.74 Å². The molecule has 0 saturated heterocycles. The van der Waals surface area contributed by atoms with Crippen LogP contribution in [0.3, 0.4) is 0 Å². The second kappa shape index (κ2) is 7.21. The van der Waals surface area contributed by atoms with Gasteiger partial charge in [0.1, 0.15) is 5.75 Å². The Balaban J connectivity index is 2.19. The average molecular weight is 299 g/mol. The van der Waals surface area contributed by atoms with Gasteiger partial charge in [-0.3, -0.25) is 0 Å². The largest absolute Gasteiger partial charge is 0.495 e. The summed E-state index contributed by atoms with van der Waals surface area (Å²) >= 11 is 12.3. The third-order valence-electron chi connectivity index (χ3n) is 3.81. The van der Waals surface area contributed by atoms with E-state index in [9.17, 15) is 0 Å². The summed E-state index contributed by atoms with van der Waals surface area (Å²) in [5.74, 6) is 1.96. The predicted molar refractivity (Wildman–Crippen MR) is 83.3 cm³/mol. The van der Waals surface area contributed by atoms with E-state index in [4.69, 9.17) is 27.9 Å². The molecule has 0 N–H and O–H groups in total. The van der Waals surface area contributed by atoms with Crippen LogP contribution in [0, 0.1) is 5.92 Å². The van der Waals surface area contributed by atoms with Crippen molar-refractivity contribution >= 4 is 29.3 Å². The first-order valence-corrected chi connectivity index (χ1v) is 7.76. The van der Waals surface area contributed by atoms with E-state index in [1.165, 1.54) is 37.7 Å². The molecule has 1 aromatic rings. The van der Waals surface area contributed by atoms with Gasteiger partial charge in [-0.25, -0.2) is 0 Å².